The van der Waals surface area contributed by atoms with Gasteiger partial charge in [-0.2, -0.15) is 5.10 Å². The van der Waals surface area contributed by atoms with Crippen molar-refractivity contribution in [3.8, 4) is 11.5 Å². The highest BCUT2D eigenvalue weighted by Crippen LogP contribution is 2.49. The highest BCUT2D eigenvalue weighted by Gasteiger charge is 2.42. The van der Waals surface area contributed by atoms with Crippen molar-refractivity contribution in [1.82, 2.24) is 5.01 Å². The molecule has 0 aromatic heterocycles. The van der Waals surface area contributed by atoms with Crippen LogP contribution in [-0.2, 0) is 0 Å². The second-order valence-corrected chi connectivity index (χ2v) is 8.19. The normalized spacial score (nSPS) is 20.0. The summed E-state index contributed by atoms with van der Waals surface area (Å²) in [6.45, 7) is 2.06. The van der Waals surface area contributed by atoms with E-state index in [1.165, 1.54) is 11.6 Å². The average molecular weight is 425 g/mol. The Labute approximate surface area is 178 Å². The van der Waals surface area contributed by atoms with Crippen LogP contribution in [0.3, 0.4) is 0 Å². The van der Waals surface area contributed by atoms with Crippen molar-refractivity contribution < 1.29 is 9.84 Å². The van der Waals surface area contributed by atoms with E-state index in [-0.39, 0.29) is 16.8 Å². The van der Waals surface area contributed by atoms with E-state index in [0.29, 0.717) is 10.6 Å². The van der Waals surface area contributed by atoms with Gasteiger partial charge in [0.2, 0.25) is 6.23 Å². The third-order valence-corrected chi connectivity index (χ3v) is 5.91. The van der Waals surface area contributed by atoms with Crippen molar-refractivity contribution in [3.05, 3.63) is 93.0 Å². The van der Waals surface area contributed by atoms with Crippen molar-refractivity contribution in [2.24, 2.45) is 5.10 Å². The van der Waals surface area contributed by atoms with Gasteiger partial charge in [-0.15, -0.1) is 0 Å². The molecule has 4 nitrogen and oxygen atoms in total. The number of halogens is 2. The molecule has 2 aliphatic rings. The quantitative estimate of drug-likeness (QED) is 0.528. The lowest BCUT2D eigenvalue weighted by Gasteiger charge is -2.38. The third kappa shape index (κ3) is 3.13. The zero-order valence-corrected chi connectivity index (χ0v) is 17.2. The lowest BCUT2D eigenvalue weighted by atomic mass is 9.95. The molecule has 3 aromatic carbocycles. The number of aromatic hydroxyl groups is 1. The molecule has 0 aliphatic carbocycles. The van der Waals surface area contributed by atoms with Crippen LogP contribution in [0.2, 0.25) is 10.0 Å². The average Bonchev–Trinajstić information content (AvgIpc) is 3.16. The van der Waals surface area contributed by atoms with Crippen LogP contribution >= 0.6 is 23.2 Å². The summed E-state index contributed by atoms with van der Waals surface area (Å²) < 4.78 is 6.27. The molecule has 146 valence electrons. The lowest BCUT2D eigenvalue weighted by Crippen LogP contribution is -2.33. The van der Waals surface area contributed by atoms with Crippen LogP contribution in [0.25, 0.3) is 0 Å². The number of para-hydroxylation sites is 1. The molecule has 1 N–H and O–H groups in total. The van der Waals surface area contributed by atoms with Gasteiger partial charge in [0.15, 0.2) is 0 Å². The molecule has 0 saturated heterocycles. The highest BCUT2D eigenvalue weighted by atomic mass is 35.5. The second-order valence-electron chi connectivity index (χ2n) is 7.35. The molecule has 0 spiro atoms. The predicted molar refractivity (Wildman–Crippen MR) is 115 cm³/mol. The van der Waals surface area contributed by atoms with Gasteiger partial charge in [-0.05, 0) is 30.7 Å². The van der Waals surface area contributed by atoms with Gasteiger partial charge < -0.3 is 9.84 Å². The molecule has 6 heteroatoms. The largest absolute Gasteiger partial charge is 0.506 e. The molecular weight excluding hydrogens is 407 g/mol. The predicted octanol–water partition coefficient (Wildman–Crippen LogP) is 6.25. The fraction of sp³-hybridized carbons (Fsp3) is 0.174. The molecule has 2 unspecified atom stereocenters. The molecule has 0 saturated carbocycles. The van der Waals surface area contributed by atoms with Crippen LogP contribution in [0.4, 0.5) is 0 Å². The molecule has 2 atom stereocenters. The number of phenols is 1. The van der Waals surface area contributed by atoms with Crippen LogP contribution in [0.1, 0.15) is 40.9 Å². The van der Waals surface area contributed by atoms with Gasteiger partial charge in [0.25, 0.3) is 0 Å². The van der Waals surface area contributed by atoms with Gasteiger partial charge in [0.1, 0.15) is 11.5 Å². The van der Waals surface area contributed by atoms with E-state index in [2.05, 4.69) is 37.3 Å². The molecule has 0 radical (unpaired) electrons. The minimum absolute atomic E-state index is 0.00147. The zero-order valence-electron chi connectivity index (χ0n) is 15.6. The summed E-state index contributed by atoms with van der Waals surface area (Å²) in [6.07, 6.45) is 0.115. The molecule has 29 heavy (non-hydrogen) atoms. The van der Waals surface area contributed by atoms with Gasteiger partial charge >= 0.3 is 0 Å². The fourth-order valence-corrected chi connectivity index (χ4v) is 4.44. The minimum atomic E-state index is -0.631. The van der Waals surface area contributed by atoms with Crippen molar-refractivity contribution in [2.75, 3.05) is 0 Å². The highest BCUT2D eigenvalue weighted by molar-refractivity contribution is 6.35. The summed E-state index contributed by atoms with van der Waals surface area (Å²) >= 11 is 12.4. The van der Waals surface area contributed by atoms with Crippen molar-refractivity contribution in [3.63, 3.8) is 0 Å². The Kier molecular flexibility index (Phi) is 4.41. The standard InChI is InChI=1S/C23H18Cl2N2O2/c1-13-6-8-14(9-7-13)19-12-20-16-4-2-3-5-21(16)29-23(27(20)26-19)17-10-15(24)11-18(25)22(17)28/h2-11,20,23,28H,12H2,1H3. The van der Waals surface area contributed by atoms with E-state index in [0.717, 1.165) is 29.0 Å². The van der Waals surface area contributed by atoms with E-state index in [4.69, 9.17) is 33.0 Å². The Morgan fingerprint density at radius 1 is 1.03 bits per heavy atom. The number of nitrogens with zero attached hydrogens (tertiary/aromatic N) is 2. The number of rotatable bonds is 2. The summed E-state index contributed by atoms with van der Waals surface area (Å²) in [5.41, 5.74) is 4.83. The molecule has 0 bridgehead atoms. The Bertz CT molecular complexity index is 1130. The van der Waals surface area contributed by atoms with Crippen LogP contribution in [-0.4, -0.2) is 15.8 Å². The Morgan fingerprint density at radius 2 is 1.79 bits per heavy atom. The molecular formula is C23H18Cl2N2O2. The monoisotopic (exact) mass is 424 g/mol. The zero-order chi connectivity index (χ0) is 20.1. The van der Waals surface area contributed by atoms with E-state index >= 15 is 0 Å². The van der Waals surface area contributed by atoms with Crippen LogP contribution in [0, 0.1) is 6.92 Å². The van der Waals surface area contributed by atoms with Gasteiger partial charge in [-0.25, -0.2) is 5.01 Å². The van der Waals surface area contributed by atoms with Crippen molar-refractivity contribution >= 4 is 28.9 Å². The smallest absolute Gasteiger partial charge is 0.217 e. The molecule has 0 amide bonds. The number of hydrogen-bond donors (Lipinski definition) is 1. The number of aryl methyl sites for hydroxylation is 1. The third-order valence-electron chi connectivity index (χ3n) is 5.41. The SMILES string of the molecule is Cc1ccc(C2=NN3C(C2)c2ccccc2OC3c2cc(Cl)cc(Cl)c2O)cc1. The molecule has 2 aliphatic heterocycles. The fourth-order valence-electron chi connectivity index (χ4n) is 3.93. The minimum Gasteiger partial charge on any atom is -0.506 e. The first-order valence-corrected chi connectivity index (χ1v) is 10.1. The Balaban J connectivity index is 1.63. The maximum absolute atomic E-state index is 10.6. The summed E-state index contributed by atoms with van der Waals surface area (Å²) in [4.78, 5) is 0. The van der Waals surface area contributed by atoms with Crippen LogP contribution in [0.5, 0.6) is 11.5 Å². The number of fused-ring (bicyclic) bond motifs is 3. The molecule has 3 aromatic rings. The maximum atomic E-state index is 10.6. The van der Waals surface area contributed by atoms with Crippen molar-refractivity contribution in [2.45, 2.75) is 25.6 Å². The molecule has 0 fully saturated rings. The molecule has 2 heterocycles. The van der Waals surface area contributed by atoms with Gasteiger partial charge in [-0.1, -0.05) is 71.2 Å². The topological polar surface area (TPSA) is 45.1 Å². The van der Waals surface area contributed by atoms with Gasteiger partial charge in [0.05, 0.1) is 22.3 Å². The number of ether oxygens (including phenoxy) is 1. The summed E-state index contributed by atoms with van der Waals surface area (Å²) in [7, 11) is 0. The van der Waals surface area contributed by atoms with E-state index in [9.17, 15) is 5.11 Å². The summed E-state index contributed by atoms with van der Waals surface area (Å²) in [6, 6.07) is 19.5. The van der Waals surface area contributed by atoms with Crippen molar-refractivity contribution in [1.29, 1.82) is 0 Å². The van der Waals surface area contributed by atoms with Crippen LogP contribution in [0.15, 0.2) is 65.8 Å². The van der Waals surface area contributed by atoms with E-state index in [1.807, 2.05) is 23.2 Å². The first kappa shape index (κ1) is 18.3. The second kappa shape index (κ2) is 6.97. The van der Waals surface area contributed by atoms with Gasteiger partial charge in [-0.3, -0.25) is 0 Å². The first-order chi connectivity index (χ1) is 14.0. The number of hydrazone groups is 1. The van der Waals surface area contributed by atoms with E-state index < -0.39 is 6.23 Å². The molecule has 5 rings (SSSR count). The first-order valence-electron chi connectivity index (χ1n) is 9.37. The van der Waals surface area contributed by atoms with E-state index in [1.54, 1.807) is 6.07 Å². The van der Waals surface area contributed by atoms with Gasteiger partial charge in [0, 0.05) is 17.0 Å². The number of benzene rings is 3. The summed E-state index contributed by atoms with van der Waals surface area (Å²) in [5.74, 6) is 0.729. The van der Waals surface area contributed by atoms with Crippen LogP contribution < -0.4 is 4.74 Å². The Morgan fingerprint density at radius 3 is 2.59 bits per heavy atom. The Hall–Kier alpha value is -2.69. The summed E-state index contributed by atoms with van der Waals surface area (Å²) in [5, 5.41) is 18.0. The lowest BCUT2D eigenvalue weighted by molar-refractivity contribution is -0.0203. The number of phenolic OH excluding ortho intramolecular Hbond substituents is 1. The number of hydrogen-bond acceptors (Lipinski definition) is 4. The maximum Gasteiger partial charge on any atom is 0.217 e.